The van der Waals surface area contributed by atoms with Gasteiger partial charge in [-0.15, -0.1) is 0 Å². The molecule has 31 heavy (non-hydrogen) atoms. The molecule has 9 heteroatoms. The lowest BCUT2D eigenvalue weighted by Crippen LogP contribution is -2.05. The van der Waals surface area contributed by atoms with Gasteiger partial charge in [0, 0.05) is 31.9 Å². The maximum Gasteiger partial charge on any atom is 0.355 e. The molecule has 162 valence electrons. The fourth-order valence-corrected chi connectivity index (χ4v) is 3.84. The van der Waals surface area contributed by atoms with Crippen molar-refractivity contribution in [2.45, 2.75) is 13.8 Å². The maximum absolute atomic E-state index is 11.6. The molecular weight excluding hydrogens is 507 g/mol. The van der Waals surface area contributed by atoms with Crippen molar-refractivity contribution in [2.24, 2.45) is 0 Å². The molecule has 4 rings (SSSR count). The van der Waals surface area contributed by atoms with Crippen LogP contribution in [0.5, 0.6) is 0 Å². The molecule has 0 aliphatic rings. The van der Waals surface area contributed by atoms with Crippen molar-refractivity contribution >= 4 is 72.9 Å². The van der Waals surface area contributed by atoms with Gasteiger partial charge in [-0.3, -0.25) is 0 Å². The highest BCUT2D eigenvalue weighted by atomic mass is 79.9. The van der Waals surface area contributed by atoms with Gasteiger partial charge in [0.05, 0.1) is 17.7 Å². The summed E-state index contributed by atoms with van der Waals surface area (Å²) in [5, 5.41) is 3.06. The summed E-state index contributed by atoms with van der Waals surface area (Å²) < 4.78 is 10.5. The fraction of sp³-hybridized carbons (Fsp3) is 0.182. The van der Waals surface area contributed by atoms with Gasteiger partial charge in [-0.25, -0.2) is 9.59 Å². The molecule has 0 atom stereocenters. The fourth-order valence-electron chi connectivity index (χ4n) is 2.90. The summed E-state index contributed by atoms with van der Waals surface area (Å²) in [6, 6.07) is 12.5. The Morgan fingerprint density at radius 2 is 1.48 bits per heavy atom. The molecule has 2 aromatic carbocycles. The highest BCUT2D eigenvalue weighted by Gasteiger charge is 2.17. The summed E-state index contributed by atoms with van der Waals surface area (Å²) in [7, 11) is 0. The molecule has 2 aromatic heterocycles. The Kier molecular flexibility index (Phi) is 7.64. The van der Waals surface area contributed by atoms with Gasteiger partial charge >= 0.3 is 11.9 Å². The van der Waals surface area contributed by atoms with Gasteiger partial charge in [0.15, 0.2) is 0 Å². The molecule has 0 bridgehead atoms. The summed E-state index contributed by atoms with van der Waals surface area (Å²) in [4.78, 5) is 29.0. The zero-order chi connectivity index (χ0) is 22.5. The summed E-state index contributed by atoms with van der Waals surface area (Å²) >= 11 is 15.1. The topological polar surface area (TPSA) is 84.2 Å². The predicted molar refractivity (Wildman–Crippen MR) is 126 cm³/mol. The van der Waals surface area contributed by atoms with Crippen LogP contribution in [0.15, 0.2) is 46.9 Å². The molecule has 0 spiro atoms. The van der Waals surface area contributed by atoms with E-state index in [1.165, 1.54) is 0 Å². The number of nitrogens with one attached hydrogen (secondary N) is 2. The number of fused-ring (bicyclic) bond motifs is 2. The van der Waals surface area contributed by atoms with Gasteiger partial charge in [0.1, 0.15) is 11.4 Å². The van der Waals surface area contributed by atoms with Crippen LogP contribution in [-0.4, -0.2) is 35.1 Å². The van der Waals surface area contributed by atoms with Crippen LogP contribution in [-0.2, 0) is 9.47 Å². The van der Waals surface area contributed by atoms with Crippen LogP contribution in [0.25, 0.3) is 21.8 Å². The molecule has 4 aromatic rings. The van der Waals surface area contributed by atoms with Crippen molar-refractivity contribution < 1.29 is 19.1 Å². The number of hydrogen-bond donors (Lipinski definition) is 2. The number of benzene rings is 2. The van der Waals surface area contributed by atoms with Crippen molar-refractivity contribution in [3.8, 4) is 0 Å². The van der Waals surface area contributed by atoms with Crippen LogP contribution >= 0.6 is 39.1 Å². The average molecular weight is 526 g/mol. The minimum Gasteiger partial charge on any atom is -0.461 e. The van der Waals surface area contributed by atoms with Crippen molar-refractivity contribution in [1.29, 1.82) is 0 Å². The summed E-state index contributed by atoms with van der Waals surface area (Å²) in [5.41, 5.74) is 2.59. The predicted octanol–water partition coefficient (Wildman–Crippen LogP) is 6.76. The van der Waals surface area contributed by atoms with Gasteiger partial charge in [0.2, 0.25) is 0 Å². The second-order valence-electron chi connectivity index (χ2n) is 6.36. The van der Waals surface area contributed by atoms with Gasteiger partial charge in [-0.2, -0.15) is 0 Å². The Bertz CT molecular complexity index is 1250. The van der Waals surface area contributed by atoms with Crippen LogP contribution in [0.3, 0.4) is 0 Å². The van der Waals surface area contributed by atoms with Gasteiger partial charge < -0.3 is 19.4 Å². The Morgan fingerprint density at radius 3 is 2.16 bits per heavy atom. The maximum atomic E-state index is 11.6. The number of ether oxygens (including phenoxy) is 2. The van der Waals surface area contributed by atoms with E-state index in [-0.39, 0.29) is 11.9 Å². The van der Waals surface area contributed by atoms with Crippen LogP contribution in [0.4, 0.5) is 0 Å². The summed E-state index contributed by atoms with van der Waals surface area (Å²) in [6.45, 7) is 4.26. The molecule has 0 saturated carbocycles. The monoisotopic (exact) mass is 524 g/mol. The SMILES string of the molecule is CCOC(=O)c1[nH]c2ccc(Cl)cc2c1Br.CCOC(=O)c1cc2cc(Cl)ccc2[nH]1. The largest absolute Gasteiger partial charge is 0.461 e. The van der Waals surface area contributed by atoms with Crippen LogP contribution in [0.2, 0.25) is 10.0 Å². The third-order valence-corrected chi connectivity index (χ3v) is 5.55. The Balaban J connectivity index is 0.000000176. The molecule has 6 nitrogen and oxygen atoms in total. The Hall–Kier alpha value is -2.48. The highest BCUT2D eigenvalue weighted by Crippen LogP contribution is 2.30. The number of aromatic amines is 2. The first-order valence-electron chi connectivity index (χ1n) is 9.43. The van der Waals surface area contributed by atoms with Gasteiger partial charge in [-0.05, 0) is 72.2 Å². The first kappa shape index (κ1) is 23.2. The quantitative estimate of drug-likeness (QED) is 0.288. The van der Waals surface area contributed by atoms with Crippen molar-refractivity contribution in [3.05, 3.63) is 68.4 Å². The van der Waals surface area contributed by atoms with E-state index in [9.17, 15) is 9.59 Å². The lowest BCUT2D eigenvalue weighted by atomic mass is 10.2. The standard InChI is InChI=1S/C11H9BrClNO2.C11H10ClNO2/c1-2-16-11(15)10-9(12)7-5-6(13)3-4-8(7)14-10;1-2-15-11(14)10-6-7-5-8(12)3-4-9(7)13-10/h3-5,14H,2H2,1H3;3-6,13H,2H2,1H3. The summed E-state index contributed by atoms with van der Waals surface area (Å²) in [5.74, 6) is -0.716. The van der Waals surface area contributed by atoms with Crippen molar-refractivity contribution in [2.75, 3.05) is 13.2 Å². The van der Waals surface area contributed by atoms with E-state index in [1.54, 1.807) is 44.2 Å². The number of rotatable bonds is 4. The first-order chi connectivity index (χ1) is 14.8. The number of esters is 2. The molecule has 0 amide bonds. The van der Waals surface area contributed by atoms with E-state index < -0.39 is 0 Å². The first-order valence-corrected chi connectivity index (χ1v) is 11.0. The zero-order valence-electron chi connectivity index (χ0n) is 16.7. The molecule has 2 heterocycles. The molecule has 0 radical (unpaired) electrons. The van der Waals surface area contributed by atoms with E-state index in [0.29, 0.717) is 39.1 Å². The lowest BCUT2D eigenvalue weighted by molar-refractivity contribution is 0.0510. The molecule has 0 aliphatic carbocycles. The lowest BCUT2D eigenvalue weighted by Gasteiger charge is -1.98. The number of halogens is 3. The number of carbonyl (C=O) groups excluding carboxylic acids is 2. The smallest absolute Gasteiger partial charge is 0.355 e. The molecule has 0 fully saturated rings. The van der Waals surface area contributed by atoms with E-state index in [2.05, 4.69) is 25.9 Å². The third-order valence-electron chi connectivity index (χ3n) is 4.25. The zero-order valence-corrected chi connectivity index (χ0v) is 19.8. The van der Waals surface area contributed by atoms with Crippen molar-refractivity contribution in [3.63, 3.8) is 0 Å². The summed E-state index contributed by atoms with van der Waals surface area (Å²) in [6.07, 6.45) is 0. The normalized spacial score (nSPS) is 10.6. The molecule has 0 saturated heterocycles. The van der Waals surface area contributed by atoms with Crippen LogP contribution in [0, 0.1) is 0 Å². The molecule has 2 N–H and O–H groups in total. The Labute approximate surface area is 196 Å². The molecular formula is C22H19BrCl2N2O4. The van der Waals surface area contributed by atoms with Gasteiger partial charge in [0.25, 0.3) is 0 Å². The number of carbonyl (C=O) groups is 2. The number of aromatic nitrogens is 2. The van der Waals surface area contributed by atoms with E-state index in [1.807, 2.05) is 12.1 Å². The molecule has 0 unspecified atom stereocenters. The minimum atomic E-state index is -0.373. The minimum absolute atomic E-state index is 0.343. The second-order valence-corrected chi connectivity index (χ2v) is 8.03. The third kappa shape index (κ3) is 5.42. The van der Waals surface area contributed by atoms with Gasteiger partial charge in [-0.1, -0.05) is 23.2 Å². The highest BCUT2D eigenvalue weighted by molar-refractivity contribution is 9.10. The van der Waals surface area contributed by atoms with Crippen LogP contribution in [0.1, 0.15) is 34.8 Å². The van der Waals surface area contributed by atoms with Crippen LogP contribution < -0.4 is 0 Å². The van der Waals surface area contributed by atoms with Crippen molar-refractivity contribution in [1.82, 2.24) is 9.97 Å². The van der Waals surface area contributed by atoms with E-state index in [0.717, 1.165) is 21.8 Å². The Morgan fingerprint density at radius 1 is 0.871 bits per heavy atom. The number of H-pyrrole nitrogens is 2. The van der Waals surface area contributed by atoms with E-state index in [4.69, 9.17) is 32.7 Å². The van der Waals surface area contributed by atoms with E-state index >= 15 is 0 Å². The number of hydrogen-bond acceptors (Lipinski definition) is 4. The average Bonchev–Trinajstić information content (AvgIpc) is 3.30. The molecule has 0 aliphatic heterocycles. The second kappa shape index (κ2) is 10.2.